The van der Waals surface area contributed by atoms with Crippen molar-refractivity contribution in [1.82, 2.24) is 4.90 Å². The lowest BCUT2D eigenvalue weighted by molar-refractivity contribution is -0.301. The van der Waals surface area contributed by atoms with Gasteiger partial charge in [0.1, 0.15) is 0 Å². The van der Waals surface area contributed by atoms with E-state index in [9.17, 15) is 28.2 Å². The molecule has 3 aliphatic heterocycles. The van der Waals surface area contributed by atoms with Crippen molar-refractivity contribution >= 4 is 38.4 Å². The number of rotatable bonds is 10. The zero-order valence-electron chi connectivity index (χ0n) is 26.6. The molecule has 0 aromatic heterocycles. The van der Waals surface area contributed by atoms with Crippen LogP contribution in [0.15, 0.2) is 46.5 Å². The summed E-state index contributed by atoms with van der Waals surface area (Å²) in [5, 5.41) is 24.1. The van der Waals surface area contributed by atoms with E-state index in [1.807, 2.05) is 18.2 Å². The van der Waals surface area contributed by atoms with Crippen molar-refractivity contribution < 1.29 is 28.2 Å². The van der Waals surface area contributed by atoms with Gasteiger partial charge in [0, 0.05) is 11.3 Å². The lowest BCUT2D eigenvalue weighted by Crippen LogP contribution is -2.64. The predicted octanol–water partition coefficient (Wildman–Crippen LogP) is 4.92. The Morgan fingerprint density at radius 2 is 1.75 bits per heavy atom. The number of aliphatic carboxylic acids is 1. The first-order valence-corrected chi connectivity index (χ1v) is 17.7. The fourth-order valence-corrected chi connectivity index (χ4v) is 10.1. The molecular formula is C35H45N2O6S-. The number of carbonyl (C=O) groups excluding carboxylic acids is 2. The molecule has 44 heavy (non-hydrogen) atoms. The van der Waals surface area contributed by atoms with Gasteiger partial charge in [0.2, 0.25) is 5.91 Å². The number of hydrogen-bond acceptors (Lipinski definition) is 6. The fraction of sp³-hybridized carbons (Fsp3) is 0.600. The number of anilines is 1. The smallest absolute Gasteiger partial charge is 0.265 e. The molecule has 0 radical (unpaired) electrons. The molecule has 0 spiro atoms. The van der Waals surface area contributed by atoms with Crippen LogP contribution in [0.4, 0.5) is 5.69 Å². The third-order valence-corrected chi connectivity index (χ3v) is 13.3. The van der Waals surface area contributed by atoms with E-state index < -0.39 is 45.9 Å². The molecule has 4 atom stereocenters. The van der Waals surface area contributed by atoms with Crippen molar-refractivity contribution in [2.45, 2.75) is 109 Å². The van der Waals surface area contributed by atoms with Crippen LogP contribution in [0.3, 0.4) is 0 Å². The Balaban J connectivity index is 1.28. The number of nitrogens with zero attached hydrogens (tertiary/aromatic N) is 2. The monoisotopic (exact) mass is 621 g/mol. The van der Waals surface area contributed by atoms with Gasteiger partial charge in [-0.1, -0.05) is 58.7 Å². The summed E-state index contributed by atoms with van der Waals surface area (Å²) in [6.45, 7) is 10.2. The van der Waals surface area contributed by atoms with E-state index in [4.69, 9.17) is 0 Å². The van der Waals surface area contributed by atoms with Gasteiger partial charge >= 0.3 is 0 Å². The van der Waals surface area contributed by atoms with E-state index in [1.54, 1.807) is 19.1 Å². The molecule has 8 nitrogen and oxygen atoms in total. The Kier molecular flexibility index (Phi) is 7.68. The summed E-state index contributed by atoms with van der Waals surface area (Å²) in [6, 6.07) is 8.74. The molecule has 1 aliphatic carbocycles. The molecule has 2 aromatic rings. The molecule has 1 amide bonds. The summed E-state index contributed by atoms with van der Waals surface area (Å²) in [6.07, 6.45) is 9.72. The zero-order chi connectivity index (χ0) is 31.8. The minimum absolute atomic E-state index is 0.197. The van der Waals surface area contributed by atoms with Gasteiger partial charge in [0.05, 0.1) is 46.9 Å². The summed E-state index contributed by atoms with van der Waals surface area (Å²) in [7, 11) is -3.97. The number of sulfonamides is 1. The average molecular weight is 622 g/mol. The molecule has 238 valence electrons. The van der Waals surface area contributed by atoms with Crippen molar-refractivity contribution in [3.63, 3.8) is 0 Å². The van der Waals surface area contributed by atoms with Crippen LogP contribution in [0.25, 0.3) is 10.8 Å². The van der Waals surface area contributed by atoms with Crippen LogP contribution < -0.4 is 9.41 Å². The van der Waals surface area contributed by atoms with Gasteiger partial charge in [0.15, 0.2) is 0 Å². The highest BCUT2D eigenvalue weighted by atomic mass is 32.2. The molecule has 1 saturated heterocycles. The number of carboxylic acids is 1. The molecular weight excluding hydrogens is 576 g/mol. The standard InChI is InChI=1S/C35H46N2O6S/c1-6-7-14-34(4)16-18-35(5,19-17-34)15-13-23-11-12-27-29-24(23)9-8-10-26(29)36(44(27,42)43)20-25-21(2)30-28(22(3)38)32(39)37(30)31(25)33(40)41/h8-12,21-22,28,30,38H,6-7,13-20H2,1-5H3,(H,40,41)/p-1/t21-,22+,28+,30+,34?,35?/m0/s1. The number of β-lactam (4-membered cyclic amide) rings is 1. The number of carbonyl (C=O) groups is 2. The molecule has 2 fully saturated rings. The SMILES string of the molecule is CCCCC1(C)CCC(C)(CCc2ccc3c4c(cccc24)N(CC2=C(C(=O)[O-])N4C(=O)[C@H]([C@@H](C)O)[C@H]4[C@H]2C)S3(=O)=O)CC1. The first kappa shape index (κ1) is 31.1. The maximum absolute atomic E-state index is 14.0. The van der Waals surface area contributed by atoms with Crippen LogP contribution in [-0.4, -0.2) is 49.0 Å². The summed E-state index contributed by atoms with van der Waals surface area (Å²) < 4.78 is 29.2. The van der Waals surface area contributed by atoms with Gasteiger partial charge in [-0.2, -0.15) is 0 Å². The van der Waals surface area contributed by atoms with Crippen molar-refractivity contribution in [2.24, 2.45) is 22.7 Å². The fourth-order valence-electron chi connectivity index (χ4n) is 8.47. The van der Waals surface area contributed by atoms with Crippen molar-refractivity contribution in [3.8, 4) is 0 Å². The average Bonchev–Trinajstić information content (AvgIpc) is 3.35. The second kappa shape index (κ2) is 10.9. The van der Waals surface area contributed by atoms with Crippen LogP contribution in [0.5, 0.6) is 0 Å². The maximum atomic E-state index is 14.0. The van der Waals surface area contributed by atoms with E-state index in [1.165, 1.54) is 61.1 Å². The van der Waals surface area contributed by atoms with Gasteiger partial charge in [-0.15, -0.1) is 0 Å². The Bertz CT molecular complexity index is 1650. The summed E-state index contributed by atoms with van der Waals surface area (Å²) in [5.74, 6) is -3.16. The molecule has 0 unspecified atom stereocenters. The number of aliphatic hydroxyl groups is 1. The Hall–Kier alpha value is -2.91. The van der Waals surface area contributed by atoms with Crippen molar-refractivity contribution in [3.05, 3.63) is 47.2 Å². The van der Waals surface area contributed by atoms with E-state index in [0.717, 1.165) is 23.8 Å². The molecule has 1 N–H and O–H groups in total. The first-order valence-electron chi connectivity index (χ1n) is 16.3. The Labute approximate surface area is 261 Å². The summed E-state index contributed by atoms with van der Waals surface area (Å²) >= 11 is 0. The molecule has 2 aromatic carbocycles. The molecule has 6 rings (SSSR count). The maximum Gasteiger partial charge on any atom is 0.265 e. The summed E-state index contributed by atoms with van der Waals surface area (Å²) in [5.41, 5.74) is 2.42. The van der Waals surface area contributed by atoms with Gasteiger partial charge in [-0.05, 0) is 91.4 Å². The second-order valence-corrected chi connectivity index (χ2v) is 16.4. The van der Waals surface area contributed by atoms with E-state index >= 15 is 0 Å². The van der Waals surface area contributed by atoms with Gasteiger partial charge in [-0.3, -0.25) is 9.10 Å². The van der Waals surface area contributed by atoms with Crippen LogP contribution in [0.2, 0.25) is 0 Å². The third-order valence-electron chi connectivity index (χ3n) is 11.5. The van der Waals surface area contributed by atoms with E-state index in [0.29, 0.717) is 22.1 Å². The van der Waals surface area contributed by atoms with Gasteiger partial charge in [0.25, 0.3) is 10.0 Å². The number of benzene rings is 2. The zero-order valence-corrected chi connectivity index (χ0v) is 27.4. The quantitative estimate of drug-likeness (QED) is 0.377. The Morgan fingerprint density at radius 3 is 2.36 bits per heavy atom. The Morgan fingerprint density at radius 1 is 1.09 bits per heavy atom. The lowest BCUT2D eigenvalue weighted by Gasteiger charge is -2.47. The highest BCUT2D eigenvalue weighted by Gasteiger charge is 2.59. The molecule has 1 saturated carbocycles. The topological polar surface area (TPSA) is 118 Å². The number of aliphatic hydroxyl groups excluding tert-OH is 1. The van der Waals surface area contributed by atoms with Crippen LogP contribution >= 0.6 is 0 Å². The minimum Gasteiger partial charge on any atom is -0.543 e. The van der Waals surface area contributed by atoms with E-state index in [-0.39, 0.29) is 22.6 Å². The minimum atomic E-state index is -3.97. The highest BCUT2D eigenvalue weighted by Crippen LogP contribution is 2.52. The normalized spacial score (nSPS) is 31.4. The predicted molar refractivity (Wildman–Crippen MR) is 168 cm³/mol. The number of carboxylic acid groups (broad SMARTS) is 1. The van der Waals surface area contributed by atoms with Crippen molar-refractivity contribution in [1.29, 1.82) is 0 Å². The second-order valence-electron chi connectivity index (χ2n) is 14.6. The van der Waals surface area contributed by atoms with Crippen LogP contribution in [-0.2, 0) is 26.0 Å². The number of amides is 1. The molecule has 0 bridgehead atoms. The number of hydrogen-bond donors (Lipinski definition) is 1. The van der Waals surface area contributed by atoms with Crippen LogP contribution in [0.1, 0.15) is 91.5 Å². The van der Waals surface area contributed by atoms with Crippen LogP contribution in [0, 0.1) is 22.7 Å². The van der Waals surface area contributed by atoms with E-state index in [2.05, 4.69) is 20.8 Å². The lowest BCUT2D eigenvalue weighted by atomic mass is 9.62. The molecule has 3 heterocycles. The summed E-state index contributed by atoms with van der Waals surface area (Å²) in [4.78, 5) is 26.5. The number of fused-ring (bicyclic) bond motifs is 1. The van der Waals surface area contributed by atoms with Crippen molar-refractivity contribution in [2.75, 3.05) is 10.8 Å². The molecule has 4 aliphatic rings. The molecule has 9 heteroatoms. The first-order chi connectivity index (χ1) is 20.7. The highest BCUT2D eigenvalue weighted by molar-refractivity contribution is 7.93. The largest absolute Gasteiger partial charge is 0.543 e. The van der Waals surface area contributed by atoms with Gasteiger partial charge < -0.3 is 19.9 Å². The third kappa shape index (κ3) is 4.77. The number of aryl methyl sites for hydroxylation is 1. The number of unbranched alkanes of at least 4 members (excludes halogenated alkanes) is 1. The van der Waals surface area contributed by atoms with Gasteiger partial charge in [-0.25, -0.2) is 8.42 Å².